The molecule has 8 heteroatoms. The van der Waals surface area contributed by atoms with Gasteiger partial charge in [-0.15, -0.1) is 11.3 Å². The van der Waals surface area contributed by atoms with Gasteiger partial charge < -0.3 is 15.2 Å². The van der Waals surface area contributed by atoms with Gasteiger partial charge in [-0.2, -0.15) is 0 Å². The van der Waals surface area contributed by atoms with Gasteiger partial charge in [-0.1, -0.05) is 11.6 Å². The van der Waals surface area contributed by atoms with Crippen molar-refractivity contribution in [1.29, 1.82) is 0 Å². The summed E-state index contributed by atoms with van der Waals surface area (Å²) in [5, 5.41) is 10.9. The molecule has 2 N–H and O–H groups in total. The number of hydrogen-bond donors (Lipinski definition) is 2. The summed E-state index contributed by atoms with van der Waals surface area (Å²) in [6.45, 7) is 0. The first-order valence-electron chi connectivity index (χ1n) is 4.80. The third kappa shape index (κ3) is 4.01. The Labute approximate surface area is 112 Å². The highest BCUT2D eigenvalue weighted by molar-refractivity contribution is 7.18. The number of hydrogen-bond acceptors (Lipinski definition) is 5. The average molecular weight is 292 g/mol. The molecular formula is C10H10ClNO5S. The highest BCUT2D eigenvalue weighted by atomic mass is 35.5. The van der Waals surface area contributed by atoms with Crippen LogP contribution in [0.3, 0.4) is 0 Å². The number of aliphatic carboxylic acids is 1. The molecule has 1 rings (SSSR count). The number of nitrogens with one attached hydrogen (secondary N) is 1. The van der Waals surface area contributed by atoms with E-state index in [1.54, 1.807) is 6.07 Å². The minimum atomic E-state index is -1.33. The van der Waals surface area contributed by atoms with Crippen LogP contribution in [-0.2, 0) is 9.53 Å². The van der Waals surface area contributed by atoms with Crippen LogP contribution in [0.4, 0.5) is 4.79 Å². The molecule has 98 valence electrons. The molecule has 18 heavy (non-hydrogen) atoms. The summed E-state index contributed by atoms with van der Waals surface area (Å²) in [5.41, 5.74) is 0. The van der Waals surface area contributed by atoms with E-state index in [9.17, 15) is 14.4 Å². The third-order valence-electron chi connectivity index (χ3n) is 2.01. The lowest BCUT2D eigenvalue weighted by Crippen LogP contribution is -2.42. The number of amides is 1. The molecule has 6 nitrogen and oxygen atoms in total. The Hall–Kier alpha value is -1.60. The maximum Gasteiger partial charge on any atom is 0.407 e. The van der Waals surface area contributed by atoms with Gasteiger partial charge in [0, 0.05) is 6.42 Å². The first kappa shape index (κ1) is 14.5. The highest BCUT2D eigenvalue weighted by Crippen LogP contribution is 2.22. The Bertz CT molecular complexity index is 473. The third-order valence-corrected chi connectivity index (χ3v) is 3.29. The lowest BCUT2D eigenvalue weighted by Gasteiger charge is -2.11. The predicted molar refractivity (Wildman–Crippen MR) is 65.2 cm³/mol. The SMILES string of the molecule is COC(=O)NC(CC(=O)c1ccc(Cl)s1)C(=O)O. The van der Waals surface area contributed by atoms with E-state index in [4.69, 9.17) is 16.7 Å². The molecule has 0 aliphatic heterocycles. The zero-order chi connectivity index (χ0) is 13.7. The van der Waals surface area contributed by atoms with Crippen LogP contribution in [0, 0.1) is 0 Å². The second-order valence-electron chi connectivity index (χ2n) is 3.26. The number of carbonyl (C=O) groups is 3. The number of thiophene rings is 1. The number of Topliss-reactive ketones (excluding diaryl/α,β-unsaturated/α-hetero) is 1. The van der Waals surface area contributed by atoms with Crippen LogP contribution in [0.2, 0.25) is 4.34 Å². The number of ketones is 1. The van der Waals surface area contributed by atoms with E-state index >= 15 is 0 Å². The Balaban J connectivity index is 2.69. The summed E-state index contributed by atoms with van der Waals surface area (Å²) in [7, 11) is 1.11. The van der Waals surface area contributed by atoms with E-state index in [-0.39, 0.29) is 6.42 Å². The molecule has 1 heterocycles. The van der Waals surface area contributed by atoms with E-state index < -0.39 is 23.9 Å². The van der Waals surface area contributed by atoms with Crippen LogP contribution < -0.4 is 5.32 Å². The number of alkyl carbamates (subject to hydrolysis) is 1. The fourth-order valence-corrected chi connectivity index (χ4v) is 2.14. The smallest absolute Gasteiger partial charge is 0.407 e. The van der Waals surface area contributed by atoms with Crippen LogP contribution in [0.15, 0.2) is 12.1 Å². The minimum Gasteiger partial charge on any atom is -0.480 e. The number of carboxylic acids is 1. The van der Waals surface area contributed by atoms with E-state index in [1.165, 1.54) is 6.07 Å². The summed E-state index contributed by atoms with van der Waals surface area (Å²) in [5.74, 6) is -1.72. The number of methoxy groups -OCH3 is 1. The second kappa shape index (κ2) is 6.36. The van der Waals surface area contributed by atoms with Gasteiger partial charge in [0.15, 0.2) is 5.78 Å². The first-order valence-corrected chi connectivity index (χ1v) is 5.99. The molecule has 0 aliphatic rings. The molecule has 0 saturated carbocycles. The molecule has 1 aromatic heterocycles. The number of carboxylic acid groups (broad SMARTS) is 1. The van der Waals surface area contributed by atoms with Crippen molar-refractivity contribution in [3.05, 3.63) is 21.3 Å². The van der Waals surface area contributed by atoms with Gasteiger partial charge in [-0.3, -0.25) is 4.79 Å². The van der Waals surface area contributed by atoms with E-state index in [0.29, 0.717) is 9.21 Å². The summed E-state index contributed by atoms with van der Waals surface area (Å²) in [4.78, 5) is 33.9. The molecule has 0 saturated heterocycles. The molecule has 0 spiro atoms. The van der Waals surface area contributed by atoms with Crippen LogP contribution in [0.5, 0.6) is 0 Å². The molecular weight excluding hydrogens is 282 g/mol. The number of halogens is 1. The van der Waals surface area contributed by atoms with Gasteiger partial charge in [0.05, 0.1) is 16.3 Å². The molecule has 0 fully saturated rings. The molecule has 0 bridgehead atoms. The summed E-state index contributed by atoms with van der Waals surface area (Å²) >= 11 is 6.72. The molecule has 1 amide bonds. The Morgan fingerprint density at radius 2 is 2.17 bits per heavy atom. The fraction of sp³-hybridized carbons (Fsp3) is 0.300. The van der Waals surface area contributed by atoms with E-state index in [0.717, 1.165) is 18.4 Å². The minimum absolute atomic E-state index is 0.345. The number of carbonyl (C=O) groups excluding carboxylic acids is 2. The van der Waals surface area contributed by atoms with Gasteiger partial charge in [0.25, 0.3) is 0 Å². The average Bonchev–Trinajstić information content (AvgIpc) is 2.74. The van der Waals surface area contributed by atoms with Crippen molar-refractivity contribution in [3.8, 4) is 0 Å². The van der Waals surface area contributed by atoms with Crippen molar-refractivity contribution in [2.75, 3.05) is 7.11 Å². The normalized spacial score (nSPS) is 11.7. The molecule has 1 aromatic rings. The van der Waals surface area contributed by atoms with Gasteiger partial charge in [-0.25, -0.2) is 9.59 Å². The van der Waals surface area contributed by atoms with Crippen molar-refractivity contribution in [1.82, 2.24) is 5.32 Å². The molecule has 1 unspecified atom stereocenters. The molecule has 0 radical (unpaired) electrons. The van der Waals surface area contributed by atoms with Crippen LogP contribution in [0.25, 0.3) is 0 Å². The molecule has 0 aromatic carbocycles. The van der Waals surface area contributed by atoms with Crippen molar-refractivity contribution in [3.63, 3.8) is 0 Å². The number of rotatable bonds is 5. The summed E-state index contributed by atoms with van der Waals surface area (Å²) < 4.78 is 4.72. The van der Waals surface area contributed by atoms with Gasteiger partial charge >= 0.3 is 12.1 Å². The Morgan fingerprint density at radius 1 is 1.50 bits per heavy atom. The highest BCUT2D eigenvalue weighted by Gasteiger charge is 2.24. The van der Waals surface area contributed by atoms with Crippen LogP contribution in [-0.4, -0.2) is 36.1 Å². The quantitative estimate of drug-likeness (QED) is 0.807. The van der Waals surface area contributed by atoms with Gasteiger partial charge in [0.1, 0.15) is 6.04 Å². The van der Waals surface area contributed by atoms with Gasteiger partial charge in [-0.05, 0) is 12.1 Å². The first-order chi connectivity index (χ1) is 8.43. The summed E-state index contributed by atoms with van der Waals surface area (Å²) in [6.07, 6.45) is -1.26. The van der Waals surface area contributed by atoms with Crippen LogP contribution >= 0.6 is 22.9 Å². The Kier molecular flexibility index (Phi) is 5.11. The maximum absolute atomic E-state index is 11.7. The monoisotopic (exact) mass is 291 g/mol. The largest absolute Gasteiger partial charge is 0.480 e. The maximum atomic E-state index is 11.7. The zero-order valence-corrected chi connectivity index (χ0v) is 10.9. The van der Waals surface area contributed by atoms with E-state index in [2.05, 4.69) is 10.1 Å². The summed E-state index contributed by atoms with van der Waals surface area (Å²) in [6, 6.07) is 1.72. The lowest BCUT2D eigenvalue weighted by molar-refractivity contribution is -0.139. The van der Waals surface area contributed by atoms with Crippen molar-refractivity contribution >= 4 is 40.8 Å². The second-order valence-corrected chi connectivity index (χ2v) is 4.97. The fourth-order valence-electron chi connectivity index (χ4n) is 1.15. The van der Waals surface area contributed by atoms with Gasteiger partial charge in [0.2, 0.25) is 0 Å². The van der Waals surface area contributed by atoms with Crippen molar-refractivity contribution in [2.45, 2.75) is 12.5 Å². The van der Waals surface area contributed by atoms with Crippen LogP contribution in [0.1, 0.15) is 16.1 Å². The lowest BCUT2D eigenvalue weighted by atomic mass is 10.1. The number of ether oxygens (including phenoxy) is 1. The topological polar surface area (TPSA) is 92.7 Å². The zero-order valence-electron chi connectivity index (χ0n) is 9.31. The molecule has 1 atom stereocenters. The van der Waals surface area contributed by atoms with Crippen molar-refractivity contribution in [2.24, 2.45) is 0 Å². The van der Waals surface area contributed by atoms with E-state index in [1.807, 2.05) is 0 Å². The predicted octanol–water partition coefficient (Wildman–Crippen LogP) is 1.78. The molecule has 0 aliphatic carbocycles. The Morgan fingerprint density at radius 3 is 2.61 bits per heavy atom. The van der Waals surface area contributed by atoms with Crippen molar-refractivity contribution < 1.29 is 24.2 Å². The standard InChI is InChI=1S/C10H10ClNO5S/c1-17-10(16)12-5(9(14)15)4-6(13)7-2-3-8(11)18-7/h2-3,5H,4H2,1H3,(H,12,16)(H,14,15).